The number of halogens is 2. The van der Waals surface area contributed by atoms with Crippen LogP contribution in [0.2, 0.25) is 0 Å². The number of carbonyl (C=O) groups excluding carboxylic acids is 2. The van der Waals surface area contributed by atoms with Gasteiger partial charge in [0.2, 0.25) is 11.8 Å². The fourth-order valence-corrected chi connectivity index (χ4v) is 4.56. The lowest BCUT2D eigenvalue weighted by atomic mass is 9.97. The summed E-state index contributed by atoms with van der Waals surface area (Å²) in [5, 5.41) is 19.7. The van der Waals surface area contributed by atoms with Crippen LogP contribution in [0.15, 0.2) is 42.5 Å². The maximum absolute atomic E-state index is 13.8. The molecule has 0 saturated heterocycles. The molecule has 2 aromatic carbocycles. The van der Waals surface area contributed by atoms with E-state index in [-0.39, 0.29) is 43.7 Å². The highest BCUT2D eigenvalue weighted by Gasteiger charge is 2.23. The molecule has 2 aromatic rings. The van der Waals surface area contributed by atoms with Crippen molar-refractivity contribution >= 4 is 11.8 Å². The molecule has 2 atom stereocenters. The van der Waals surface area contributed by atoms with Crippen molar-refractivity contribution in [1.82, 2.24) is 16.0 Å². The molecule has 0 spiro atoms. The zero-order chi connectivity index (χ0) is 27.9. The van der Waals surface area contributed by atoms with Crippen molar-refractivity contribution < 1.29 is 23.5 Å². The normalized spacial score (nSPS) is 12.8. The van der Waals surface area contributed by atoms with Gasteiger partial charge in [-0.2, -0.15) is 0 Å². The van der Waals surface area contributed by atoms with Gasteiger partial charge < -0.3 is 21.1 Å². The van der Waals surface area contributed by atoms with Crippen LogP contribution in [0, 0.1) is 17.6 Å². The largest absolute Gasteiger partial charge is 0.390 e. The van der Waals surface area contributed by atoms with Gasteiger partial charge in [0.25, 0.3) is 0 Å². The third kappa shape index (κ3) is 11.3. The topological polar surface area (TPSA) is 90.5 Å². The molecule has 6 nitrogen and oxygen atoms in total. The Morgan fingerprint density at radius 3 is 2.21 bits per heavy atom. The van der Waals surface area contributed by atoms with Gasteiger partial charge in [-0.3, -0.25) is 9.59 Å². The van der Waals surface area contributed by atoms with Crippen LogP contribution in [0.3, 0.4) is 0 Å². The second kappa shape index (κ2) is 16.9. The molecular formula is C30H43F2N3O3. The smallest absolute Gasteiger partial charge is 0.223 e. The third-order valence-electron chi connectivity index (χ3n) is 6.57. The van der Waals surface area contributed by atoms with Crippen LogP contribution in [0.1, 0.15) is 69.6 Å². The zero-order valence-corrected chi connectivity index (χ0v) is 22.9. The Labute approximate surface area is 225 Å². The summed E-state index contributed by atoms with van der Waals surface area (Å²) in [6, 6.07) is 10.5. The van der Waals surface area contributed by atoms with Gasteiger partial charge in [-0.15, -0.1) is 0 Å². The first-order valence-electron chi connectivity index (χ1n) is 13.7. The Morgan fingerprint density at radius 2 is 1.58 bits per heavy atom. The van der Waals surface area contributed by atoms with Crippen LogP contribution in [0.4, 0.5) is 8.78 Å². The minimum absolute atomic E-state index is 0.0364. The first-order chi connectivity index (χ1) is 18.2. The molecule has 0 aromatic heterocycles. The van der Waals surface area contributed by atoms with E-state index in [1.807, 2.05) is 26.0 Å². The lowest BCUT2D eigenvalue weighted by molar-refractivity contribution is -0.126. The Hall–Kier alpha value is -2.84. The maximum Gasteiger partial charge on any atom is 0.223 e. The molecule has 0 aliphatic heterocycles. The first kappa shape index (κ1) is 31.4. The highest BCUT2D eigenvalue weighted by atomic mass is 19.1. The van der Waals surface area contributed by atoms with E-state index >= 15 is 0 Å². The molecule has 0 saturated carbocycles. The molecule has 0 fully saturated rings. The molecule has 0 radical (unpaired) electrons. The number of nitrogens with one attached hydrogen (secondary N) is 3. The number of rotatable bonds is 17. The van der Waals surface area contributed by atoms with Crippen LogP contribution in [-0.4, -0.2) is 42.2 Å². The Kier molecular flexibility index (Phi) is 13.9. The van der Waals surface area contributed by atoms with Crippen LogP contribution in [0.5, 0.6) is 0 Å². The quantitative estimate of drug-likeness (QED) is 0.243. The summed E-state index contributed by atoms with van der Waals surface area (Å²) in [5.74, 6) is -1.90. The molecule has 4 N–H and O–H groups in total. The van der Waals surface area contributed by atoms with Crippen molar-refractivity contribution in [2.75, 3.05) is 13.1 Å². The first-order valence-corrected chi connectivity index (χ1v) is 13.7. The van der Waals surface area contributed by atoms with Crippen molar-refractivity contribution in [2.24, 2.45) is 5.92 Å². The summed E-state index contributed by atoms with van der Waals surface area (Å²) in [7, 11) is 0. The lowest BCUT2D eigenvalue weighted by Gasteiger charge is -2.25. The summed E-state index contributed by atoms with van der Waals surface area (Å²) in [6.07, 6.45) is 3.44. The van der Waals surface area contributed by atoms with Gasteiger partial charge in [0, 0.05) is 38.0 Å². The predicted octanol–water partition coefficient (Wildman–Crippen LogP) is 4.43. The Bertz CT molecular complexity index is 992. The highest BCUT2D eigenvalue weighted by Crippen LogP contribution is 2.14. The number of carbonyl (C=O) groups is 2. The molecule has 0 bridgehead atoms. The van der Waals surface area contributed by atoms with Gasteiger partial charge in [-0.05, 0) is 54.5 Å². The molecule has 38 heavy (non-hydrogen) atoms. The number of hydrogen-bond acceptors (Lipinski definition) is 4. The lowest BCUT2D eigenvalue weighted by Crippen LogP contribution is -2.49. The Balaban J connectivity index is 1.97. The van der Waals surface area contributed by atoms with E-state index in [1.54, 1.807) is 0 Å². The van der Waals surface area contributed by atoms with Crippen molar-refractivity contribution in [1.29, 1.82) is 0 Å². The van der Waals surface area contributed by atoms with Crippen molar-refractivity contribution in [3.05, 3.63) is 70.8 Å². The predicted molar refractivity (Wildman–Crippen MR) is 146 cm³/mol. The van der Waals surface area contributed by atoms with E-state index in [2.05, 4.69) is 35.0 Å². The van der Waals surface area contributed by atoms with Gasteiger partial charge in [-0.1, -0.05) is 57.9 Å². The average Bonchev–Trinajstić information content (AvgIpc) is 2.87. The SMILES string of the molecule is CCCC(CCC)C(=O)NCCC(=O)NC(Cc1cc(F)cc(F)c1)C(O)CNCc1cccc(CC)c1. The molecule has 8 heteroatoms. The van der Waals surface area contributed by atoms with E-state index in [9.17, 15) is 23.5 Å². The monoisotopic (exact) mass is 531 g/mol. The van der Waals surface area contributed by atoms with E-state index in [4.69, 9.17) is 0 Å². The highest BCUT2D eigenvalue weighted by molar-refractivity contribution is 5.80. The summed E-state index contributed by atoms with van der Waals surface area (Å²) in [4.78, 5) is 25.2. The Morgan fingerprint density at radius 1 is 0.921 bits per heavy atom. The van der Waals surface area contributed by atoms with E-state index in [1.165, 1.54) is 17.7 Å². The number of aliphatic hydroxyl groups excluding tert-OH is 1. The number of amides is 2. The van der Waals surface area contributed by atoms with E-state index < -0.39 is 23.8 Å². The second-order valence-corrected chi connectivity index (χ2v) is 9.84. The van der Waals surface area contributed by atoms with Crippen LogP contribution in [-0.2, 0) is 29.0 Å². The van der Waals surface area contributed by atoms with Crippen molar-refractivity contribution in [2.45, 2.75) is 84.4 Å². The molecular weight excluding hydrogens is 488 g/mol. The number of aryl methyl sites for hydroxylation is 1. The van der Waals surface area contributed by atoms with Crippen LogP contribution < -0.4 is 16.0 Å². The fourth-order valence-electron chi connectivity index (χ4n) is 4.56. The third-order valence-corrected chi connectivity index (χ3v) is 6.57. The molecule has 210 valence electrons. The summed E-state index contributed by atoms with van der Waals surface area (Å²) < 4.78 is 27.5. The van der Waals surface area contributed by atoms with Gasteiger partial charge in [0.15, 0.2) is 0 Å². The standard InChI is InChI=1S/C30H43F2N3O3/c1-4-8-24(9-5-2)30(38)34-13-12-29(37)35-27(17-23-15-25(31)18-26(32)16-23)28(36)20-33-19-22-11-7-10-21(6-3)14-22/h7,10-11,14-16,18,24,27-28,33,36H,4-6,8-9,12-13,17,19-20H2,1-3H3,(H,34,38)(H,35,37). The van der Waals surface area contributed by atoms with E-state index in [0.717, 1.165) is 43.7 Å². The van der Waals surface area contributed by atoms with E-state index in [0.29, 0.717) is 12.1 Å². The van der Waals surface area contributed by atoms with Gasteiger partial charge in [-0.25, -0.2) is 8.78 Å². The second-order valence-electron chi connectivity index (χ2n) is 9.84. The van der Waals surface area contributed by atoms with Gasteiger partial charge >= 0.3 is 0 Å². The number of benzene rings is 2. The molecule has 2 amide bonds. The van der Waals surface area contributed by atoms with Gasteiger partial charge in [0.05, 0.1) is 12.1 Å². The zero-order valence-electron chi connectivity index (χ0n) is 22.9. The summed E-state index contributed by atoms with van der Waals surface area (Å²) >= 11 is 0. The summed E-state index contributed by atoms with van der Waals surface area (Å²) in [5.41, 5.74) is 2.62. The number of aliphatic hydroxyl groups is 1. The fraction of sp³-hybridized carbons (Fsp3) is 0.533. The minimum Gasteiger partial charge on any atom is -0.390 e. The van der Waals surface area contributed by atoms with Crippen molar-refractivity contribution in [3.63, 3.8) is 0 Å². The molecule has 2 rings (SSSR count). The average molecular weight is 532 g/mol. The maximum atomic E-state index is 13.8. The van der Waals surface area contributed by atoms with Crippen LogP contribution >= 0.6 is 0 Å². The molecule has 2 unspecified atom stereocenters. The van der Waals surface area contributed by atoms with Crippen molar-refractivity contribution in [3.8, 4) is 0 Å². The molecule has 0 aliphatic carbocycles. The molecule has 0 heterocycles. The summed E-state index contributed by atoms with van der Waals surface area (Å²) in [6.45, 7) is 7.04. The van der Waals surface area contributed by atoms with Crippen LogP contribution in [0.25, 0.3) is 0 Å². The number of hydrogen-bond donors (Lipinski definition) is 4. The van der Waals surface area contributed by atoms with Gasteiger partial charge in [0.1, 0.15) is 11.6 Å². The minimum atomic E-state index is -1.01. The molecule has 0 aliphatic rings.